The summed E-state index contributed by atoms with van der Waals surface area (Å²) in [5.74, 6) is -4.18. The number of hydrogen-bond donors (Lipinski definition) is 0. The molecule has 0 aliphatic carbocycles. The van der Waals surface area contributed by atoms with Crippen LogP contribution in [0.1, 0.15) is 25.3 Å². The van der Waals surface area contributed by atoms with Crippen molar-refractivity contribution in [3.63, 3.8) is 0 Å². The predicted octanol–water partition coefficient (Wildman–Crippen LogP) is 2.12. The third-order valence-electron chi connectivity index (χ3n) is 2.44. The molecule has 0 N–H and O–H groups in total. The van der Waals surface area contributed by atoms with E-state index in [1.807, 2.05) is 0 Å². The Kier molecular flexibility index (Phi) is 6.18. The van der Waals surface area contributed by atoms with E-state index in [-0.39, 0.29) is 13.2 Å². The normalized spacial score (nSPS) is 11.6. The zero-order chi connectivity index (χ0) is 15.1. The second-order valence-corrected chi connectivity index (χ2v) is 4.26. The summed E-state index contributed by atoms with van der Waals surface area (Å²) in [6, 6.07) is 6.16. The average molecular weight is 299 g/mol. The zero-order valence-electron chi connectivity index (χ0n) is 11.2. The van der Waals surface area contributed by atoms with Crippen LogP contribution in [-0.2, 0) is 23.9 Å². The van der Waals surface area contributed by atoms with Crippen LogP contribution in [0.4, 0.5) is 0 Å². The van der Waals surface area contributed by atoms with Crippen LogP contribution in [0.15, 0.2) is 24.3 Å². The van der Waals surface area contributed by atoms with Crippen LogP contribution in [0.2, 0.25) is 5.02 Å². The molecule has 1 aromatic rings. The lowest BCUT2D eigenvalue weighted by atomic mass is 9.94. The number of rotatable bonds is 6. The van der Waals surface area contributed by atoms with Gasteiger partial charge in [0.25, 0.3) is 5.78 Å². The first-order valence-electron chi connectivity index (χ1n) is 6.14. The van der Waals surface area contributed by atoms with Crippen molar-refractivity contribution in [1.82, 2.24) is 0 Å². The van der Waals surface area contributed by atoms with E-state index in [0.717, 1.165) is 0 Å². The molecule has 0 radical (unpaired) electrons. The van der Waals surface area contributed by atoms with Gasteiger partial charge in [0.1, 0.15) is 0 Å². The molecule has 1 rings (SSSR count). The molecule has 0 aliphatic heterocycles. The summed E-state index contributed by atoms with van der Waals surface area (Å²) in [4.78, 5) is 35.5. The molecule has 0 fully saturated rings. The van der Waals surface area contributed by atoms with Gasteiger partial charge in [-0.2, -0.15) is 0 Å². The van der Waals surface area contributed by atoms with Crippen molar-refractivity contribution >= 4 is 29.3 Å². The first-order chi connectivity index (χ1) is 9.51. The highest BCUT2D eigenvalue weighted by Crippen LogP contribution is 2.22. The second kappa shape index (κ2) is 7.65. The minimum atomic E-state index is -1.35. The molecule has 5 nitrogen and oxygen atoms in total. The summed E-state index contributed by atoms with van der Waals surface area (Å²) in [5.41, 5.74) is 0.300. The van der Waals surface area contributed by atoms with E-state index in [2.05, 4.69) is 4.74 Å². The minimum Gasteiger partial charge on any atom is -0.465 e. The lowest BCUT2D eigenvalue weighted by Crippen LogP contribution is -2.31. The number of carbonyl (C=O) groups is 3. The highest BCUT2D eigenvalue weighted by Gasteiger charge is 2.35. The SMILES string of the molecule is CCOC(=O)C(=O)C(C(=O)OCC)c1cccc(Cl)c1. The number of ether oxygens (including phenoxy) is 2. The number of benzene rings is 1. The average Bonchev–Trinajstić information content (AvgIpc) is 2.39. The fraction of sp³-hybridized carbons (Fsp3) is 0.357. The van der Waals surface area contributed by atoms with Crippen LogP contribution < -0.4 is 0 Å². The Balaban J connectivity index is 3.11. The summed E-state index contributed by atoms with van der Waals surface area (Å²) in [6.45, 7) is 3.34. The van der Waals surface area contributed by atoms with Crippen LogP contribution in [0.25, 0.3) is 0 Å². The van der Waals surface area contributed by atoms with Crippen LogP contribution in [0.3, 0.4) is 0 Å². The maximum absolute atomic E-state index is 12.0. The van der Waals surface area contributed by atoms with Crippen LogP contribution in [0, 0.1) is 0 Å². The van der Waals surface area contributed by atoms with Crippen LogP contribution >= 0.6 is 11.6 Å². The number of halogens is 1. The number of carbonyl (C=O) groups excluding carboxylic acids is 3. The summed E-state index contributed by atoms with van der Waals surface area (Å²) >= 11 is 5.84. The highest BCUT2D eigenvalue weighted by atomic mass is 35.5. The molecule has 1 atom stereocenters. The lowest BCUT2D eigenvalue weighted by molar-refractivity contribution is -0.159. The zero-order valence-corrected chi connectivity index (χ0v) is 12.0. The third kappa shape index (κ3) is 4.06. The molecular weight excluding hydrogens is 284 g/mol. The largest absolute Gasteiger partial charge is 0.465 e. The molecule has 0 heterocycles. The molecule has 0 bridgehead atoms. The third-order valence-corrected chi connectivity index (χ3v) is 2.68. The van der Waals surface area contributed by atoms with Gasteiger partial charge >= 0.3 is 11.9 Å². The molecule has 0 saturated carbocycles. The van der Waals surface area contributed by atoms with Gasteiger partial charge in [0.15, 0.2) is 5.92 Å². The Bertz CT molecular complexity index is 512. The van der Waals surface area contributed by atoms with E-state index in [1.165, 1.54) is 12.1 Å². The highest BCUT2D eigenvalue weighted by molar-refractivity contribution is 6.40. The quantitative estimate of drug-likeness (QED) is 0.457. The Hall–Kier alpha value is -1.88. The first kappa shape index (κ1) is 16.2. The molecule has 0 aromatic heterocycles. The minimum absolute atomic E-state index is 0.0513. The monoisotopic (exact) mass is 298 g/mol. The van der Waals surface area contributed by atoms with Gasteiger partial charge in [-0.3, -0.25) is 9.59 Å². The summed E-state index contributed by atoms with van der Waals surface area (Å²) < 4.78 is 9.47. The fourth-order valence-corrected chi connectivity index (χ4v) is 1.83. The standard InChI is InChI=1S/C14H15ClO5/c1-3-19-13(17)11(12(16)14(18)20-4-2)9-6-5-7-10(15)8-9/h5-8,11H,3-4H2,1-2H3. The van der Waals surface area contributed by atoms with Gasteiger partial charge < -0.3 is 9.47 Å². The Morgan fingerprint density at radius 1 is 1.15 bits per heavy atom. The van der Waals surface area contributed by atoms with Crippen LogP contribution in [0.5, 0.6) is 0 Å². The maximum atomic E-state index is 12.0. The Morgan fingerprint density at radius 2 is 1.80 bits per heavy atom. The van der Waals surface area contributed by atoms with Crippen molar-refractivity contribution in [2.24, 2.45) is 0 Å². The van der Waals surface area contributed by atoms with Crippen molar-refractivity contribution in [2.75, 3.05) is 13.2 Å². The molecule has 0 spiro atoms. The van der Waals surface area contributed by atoms with E-state index in [0.29, 0.717) is 10.6 Å². The molecule has 0 aliphatic rings. The van der Waals surface area contributed by atoms with Gasteiger partial charge in [0, 0.05) is 5.02 Å². The lowest BCUT2D eigenvalue weighted by Gasteiger charge is -2.14. The molecule has 0 amide bonds. The molecule has 0 saturated heterocycles. The van der Waals surface area contributed by atoms with E-state index in [1.54, 1.807) is 26.0 Å². The van der Waals surface area contributed by atoms with E-state index in [4.69, 9.17) is 16.3 Å². The van der Waals surface area contributed by atoms with Crippen molar-refractivity contribution in [3.8, 4) is 0 Å². The van der Waals surface area contributed by atoms with Gasteiger partial charge in [-0.05, 0) is 31.5 Å². The van der Waals surface area contributed by atoms with E-state index < -0.39 is 23.6 Å². The van der Waals surface area contributed by atoms with Crippen molar-refractivity contribution < 1.29 is 23.9 Å². The fourth-order valence-electron chi connectivity index (χ4n) is 1.63. The predicted molar refractivity (Wildman–Crippen MR) is 72.5 cm³/mol. The molecule has 20 heavy (non-hydrogen) atoms. The maximum Gasteiger partial charge on any atom is 0.375 e. The number of esters is 2. The molecule has 1 aromatic carbocycles. The molecule has 1 unspecified atom stereocenters. The van der Waals surface area contributed by atoms with Crippen molar-refractivity contribution in [2.45, 2.75) is 19.8 Å². The first-order valence-corrected chi connectivity index (χ1v) is 6.52. The van der Waals surface area contributed by atoms with Crippen LogP contribution in [-0.4, -0.2) is 30.9 Å². The molecule has 6 heteroatoms. The number of hydrogen-bond acceptors (Lipinski definition) is 5. The smallest absolute Gasteiger partial charge is 0.375 e. The Labute approximate surface area is 121 Å². The summed E-state index contributed by atoms with van der Waals surface area (Å²) in [5, 5.41) is 0.355. The van der Waals surface area contributed by atoms with Crippen molar-refractivity contribution in [1.29, 1.82) is 0 Å². The van der Waals surface area contributed by atoms with Gasteiger partial charge in [0.2, 0.25) is 0 Å². The topological polar surface area (TPSA) is 69.7 Å². The van der Waals surface area contributed by atoms with Crippen molar-refractivity contribution in [3.05, 3.63) is 34.9 Å². The molecular formula is C14H15ClO5. The van der Waals surface area contributed by atoms with E-state index in [9.17, 15) is 14.4 Å². The van der Waals surface area contributed by atoms with E-state index >= 15 is 0 Å². The molecule has 108 valence electrons. The summed E-state index contributed by atoms with van der Waals surface area (Å²) in [7, 11) is 0. The Morgan fingerprint density at radius 3 is 2.35 bits per heavy atom. The van der Waals surface area contributed by atoms with Gasteiger partial charge in [0.05, 0.1) is 13.2 Å². The van der Waals surface area contributed by atoms with Gasteiger partial charge in [-0.1, -0.05) is 23.7 Å². The number of Topliss-reactive ketones (excluding diaryl/α,β-unsaturated/α-hetero) is 1. The number of ketones is 1. The second-order valence-electron chi connectivity index (χ2n) is 3.82. The summed E-state index contributed by atoms with van der Waals surface area (Å²) in [6.07, 6.45) is 0. The van der Waals surface area contributed by atoms with Gasteiger partial charge in [-0.25, -0.2) is 4.79 Å². The van der Waals surface area contributed by atoms with Gasteiger partial charge in [-0.15, -0.1) is 0 Å².